The second kappa shape index (κ2) is 4.49. The Kier molecular flexibility index (Phi) is 2.81. The normalized spacial score (nSPS) is 12.3. The lowest BCUT2D eigenvalue weighted by atomic mass is 9.99. The fourth-order valence-electron chi connectivity index (χ4n) is 1.96. The van der Waals surface area contributed by atoms with E-state index in [2.05, 4.69) is 5.92 Å². The summed E-state index contributed by atoms with van der Waals surface area (Å²) in [6.07, 6.45) is 5.50. The van der Waals surface area contributed by atoms with Gasteiger partial charge in [0.2, 0.25) is 6.79 Å². The first-order chi connectivity index (χ1) is 9.19. The van der Waals surface area contributed by atoms with Crippen LogP contribution in [0.1, 0.15) is 5.56 Å². The molecule has 0 bridgehead atoms. The van der Waals surface area contributed by atoms with Gasteiger partial charge in [0.15, 0.2) is 11.5 Å². The molecular weight excluding hydrogens is 267 g/mol. The van der Waals surface area contributed by atoms with E-state index in [9.17, 15) is 4.39 Å². The molecule has 0 aliphatic carbocycles. The summed E-state index contributed by atoms with van der Waals surface area (Å²) in [5.41, 5.74) is 2.14. The van der Waals surface area contributed by atoms with Crippen LogP contribution in [0.2, 0.25) is 5.02 Å². The SMILES string of the molecule is C#Cc1cc2c(cc1-c1ccc(F)c(Cl)c1)OCO2. The van der Waals surface area contributed by atoms with E-state index in [-0.39, 0.29) is 11.8 Å². The van der Waals surface area contributed by atoms with Crippen molar-refractivity contribution in [3.05, 3.63) is 46.7 Å². The highest BCUT2D eigenvalue weighted by atomic mass is 35.5. The monoisotopic (exact) mass is 274 g/mol. The van der Waals surface area contributed by atoms with Gasteiger partial charge in [-0.15, -0.1) is 6.42 Å². The summed E-state index contributed by atoms with van der Waals surface area (Å²) in [4.78, 5) is 0. The fourth-order valence-corrected chi connectivity index (χ4v) is 2.14. The summed E-state index contributed by atoms with van der Waals surface area (Å²) < 4.78 is 23.8. The molecule has 0 saturated carbocycles. The van der Waals surface area contributed by atoms with Crippen LogP contribution in [0.15, 0.2) is 30.3 Å². The van der Waals surface area contributed by atoms with Crippen LogP contribution in [-0.2, 0) is 0 Å². The second-order valence-electron chi connectivity index (χ2n) is 4.02. The summed E-state index contributed by atoms with van der Waals surface area (Å²) >= 11 is 5.79. The average molecular weight is 275 g/mol. The van der Waals surface area contributed by atoms with Crippen LogP contribution in [-0.4, -0.2) is 6.79 Å². The number of rotatable bonds is 1. The molecule has 4 heteroatoms. The third-order valence-electron chi connectivity index (χ3n) is 2.90. The Morgan fingerprint density at radius 2 is 1.89 bits per heavy atom. The van der Waals surface area contributed by atoms with E-state index < -0.39 is 5.82 Å². The summed E-state index contributed by atoms with van der Waals surface area (Å²) in [7, 11) is 0. The molecule has 0 fully saturated rings. The summed E-state index contributed by atoms with van der Waals surface area (Å²) in [5.74, 6) is 3.36. The molecule has 1 aliphatic rings. The molecule has 19 heavy (non-hydrogen) atoms. The van der Waals surface area contributed by atoms with E-state index in [1.54, 1.807) is 18.2 Å². The number of ether oxygens (including phenoxy) is 2. The third kappa shape index (κ3) is 2.00. The highest BCUT2D eigenvalue weighted by Gasteiger charge is 2.17. The van der Waals surface area contributed by atoms with Crippen LogP contribution >= 0.6 is 11.6 Å². The van der Waals surface area contributed by atoms with Gasteiger partial charge >= 0.3 is 0 Å². The standard InChI is InChI=1S/C15H8ClFO2/c1-2-9-6-14-15(19-8-18-14)7-11(9)10-3-4-13(17)12(16)5-10/h1,3-7H,8H2. The van der Waals surface area contributed by atoms with Gasteiger partial charge in [0.1, 0.15) is 5.82 Å². The fraction of sp³-hybridized carbons (Fsp3) is 0.0667. The van der Waals surface area contributed by atoms with Crippen molar-refractivity contribution in [2.75, 3.05) is 6.79 Å². The van der Waals surface area contributed by atoms with Crippen LogP contribution in [0.5, 0.6) is 11.5 Å². The molecule has 0 amide bonds. The average Bonchev–Trinajstić information content (AvgIpc) is 2.87. The van der Waals surface area contributed by atoms with E-state index >= 15 is 0 Å². The van der Waals surface area contributed by atoms with E-state index in [0.29, 0.717) is 17.1 Å². The zero-order chi connectivity index (χ0) is 13.4. The van der Waals surface area contributed by atoms with Crippen molar-refractivity contribution in [3.8, 4) is 35.0 Å². The van der Waals surface area contributed by atoms with Crippen molar-refractivity contribution < 1.29 is 13.9 Å². The number of fused-ring (bicyclic) bond motifs is 1. The van der Waals surface area contributed by atoms with Gasteiger partial charge in [0.05, 0.1) is 5.02 Å². The molecule has 94 valence electrons. The van der Waals surface area contributed by atoms with Gasteiger partial charge in [-0.1, -0.05) is 23.6 Å². The molecule has 2 aromatic rings. The Morgan fingerprint density at radius 1 is 1.16 bits per heavy atom. The van der Waals surface area contributed by atoms with E-state index in [1.165, 1.54) is 12.1 Å². The van der Waals surface area contributed by atoms with Crippen molar-refractivity contribution in [1.82, 2.24) is 0 Å². The number of terminal acetylenes is 1. The van der Waals surface area contributed by atoms with E-state index in [4.69, 9.17) is 27.5 Å². The van der Waals surface area contributed by atoms with Crippen molar-refractivity contribution in [3.63, 3.8) is 0 Å². The lowest BCUT2D eigenvalue weighted by Crippen LogP contribution is -1.92. The minimum Gasteiger partial charge on any atom is -0.454 e. The molecule has 0 atom stereocenters. The Labute approximate surface area is 114 Å². The van der Waals surface area contributed by atoms with Crippen LogP contribution < -0.4 is 9.47 Å². The first-order valence-electron chi connectivity index (χ1n) is 5.54. The number of hydrogen-bond donors (Lipinski definition) is 0. The first kappa shape index (κ1) is 11.9. The van der Waals surface area contributed by atoms with E-state index in [1.807, 2.05) is 0 Å². The number of halogens is 2. The molecule has 0 radical (unpaired) electrons. The van der Waals surface area contributed by atoms with Crippen LogP contribution in [0.3, 0.4) is 0 Å². The second-order valence-corrected chi connectivity index (χ2v) is 4.43. The van der Waals surface area contributed by atoms with Gasteiger partial charge in [0.25, 0.3) is 0 Å². The molecule has 0 N–H and O–H groups in total. The Balaban J connectivity index is 2.19. The zero-order valence-corrected chi connectivity index (χ0v) is 10.5. The smallest absolute Gasteiger partial charge is 0.231 e. The van der Waals surface area contributed by atoms with Gasteiger partial charge < -0.3 is 9.47 Å². The van der Waals surface area contributed by atoms with Gasteiger partial charge in [0, 0.05) is 17.2 Å². The van der Waals surface area contributed by atoms with Gasteiger partial charge in [-0.05, 0) is 23.8 Å². The summed E-state index contributed by atoms with van der Waals surface area (Å²) in [6, 6.07) is 7.98. The quantitative estimate of drug-likeness (QED) is 0.735. The number of hydrogen-bond acceptors (Lipinski definition) is 2. The largest absolute Gasteiger partial charge is 0.454 e. The Morgan fingerprint density at radius 3 is 2.58 bits per heavy atom. The maximum atomic E-state index is 13.2. The lowest BCUT2D eigenvalue weighted by Gasteiger charge is -2.08. The molecule has 0 unspecified atom stereocenters. The van der Waals surface area contributed by atoms with Gasteiger partial charge in [-0.3, -0.25) is 0 Å². The molecular formula is C15H8ClFO2. The maximum absolute atomic E-state index is 13.2. The predicted molar refractivity (Wildman–Crippen MR) is 70.9 cm³/mol. The van der Waals surface area contributed by atoms with Crippen molar-refractivity contribution >= 4 is 11.6 Å². The van der Waals surface area contributed by atoms with Crippen LogP contribution in [0.4, 0.5) is 4.39 Å². The third-order valence-corrected chi connectivity index (χ3v) is 3.19. The Bertz CT molecular complexity index is 704. The lowest BCUT2D eigenvalue weighted by molar-refractivity contribution is 0.174. The molecule has 3 rings (SSSR count). The molecule has 0 saturated heterocycles. The molecule has 0 spiro atoms. The first-order valence-corrected chi connectivity index (χ1v) is 5.92. The van der Waals surface area contributed by atoms with Gasteiger partial charge in [-0.25, -0.2) is 4.39 Å². The summed E-state index contributed by atoms with van der Waals surface area (Å²) in [6.45, 7) is 0.174. The summed E-state index contributed by atoms with van der Waals surface area (Å²) in [5, 5.41) is 0.0538. The highest BCUT2D eigenvalue weighted by molar-refractivity contribution is 6.31. The molecule has 1 heterocycles. The molecule has 1 aliphatic heterocycles. The highest BCUT2D eigenvalue weighted by Crippen LogP contribution is 2.39. The van der Waals surface area contributed by atoms with Crippen molar-refractivity contribution in [2.24, 2.45) is 0 Å². The molecule has 2 nitrogen and oxygen atoms in total. The minimum atomic E-state index is -0.464. The van der Waals surface area contributed by atoms with Crippen LogP contribution in [0, 0.1) is 18.2 Å². The Hall–Kier alpha value is -2.18. The van der Waals surface area contributed by atoms with Crippen LogP contribution in [0.25, 0.3) is 11.1 Å². The molecule has 2 aromatic carbocycles. The van der Waals surface area contributed by atoms with Gasteiger partial charge in [-0.2, -0.15) is 0 Å². The maximum Gasteiger partial charge on any atom is 0.231 e. The minimum absolute atomic E-state index is 0.0538. The number of benzene rings is 2. The van der Waals surface area contributed by atoms with E-state index in [0.717, 1.165) is 11.1 Å². The van der Waals surface area contributed by atoms with Crippen molar-refractivity contribution in [2.45, 2.75) is 0 Å². The molecule has 0 aromatic heterocycles. The predicted octanol–water partition coefficient (Wildman–Crippen LogP) is 3.86. The topological polar surface area (TPSA) is 18.5 Å². The zero-order valence-electron chi connectivity index (χ0n) is 9.74. The van der Waals surface area contributed by atoms with Crippen molar-refractivity contribution in [1.29, 1.82) is 0 Å².